The first-order chi connectivity index (χ1) is 26.4. The van der Waals surface area contributed by atoms with Gasteiger partial charge in [0.05, 0.1) is 22.4 Å². The van der Waals surface area contributed by atoms with Crippen LogP contribution >= 0.6 is 0 Å². The van der Waals surface area contributed by atoms with E-state index in [1.54, 1.807) is 6.08 Å². The normalized spacial score (nSPS) is 13.9. The van der Waals surface area contributed by atoms with Gasteiger partial charge in [0.2, 0.25) is 0 Å². The number of fused-ring (bicyclic) bond motifs is 8. The van der Waals surface area contributed by atoms with E-state index in [1.165, 1.54) is 44.1 Å². The fraction of sp³-hybridized carbons (Fsp3) is 0.0588. The number of ether oxygens (including phenoxy) is 1. The molecule has 8 aromatic rings. The van der Waals surface area contributed by atoms with Crippen LogP contribution in [-0.4, -0.2) is 4.57 Å². The lowest BCUT2D eigenvalue weighted by molar-refractivity contribution is 0.476. The molecule has 258 valence electrons. The Morgan fingerprint density at radius 3 is 1.87 bits per heavy atom. The number of hydrogen-bond donors (Lipinski definition) is 0. The van der Waals surface area contributed by atoms with Crippen molar-refractivity contribution in [2.75, 3.05) is 4.90 Å². The van der Waals surface area contributed by atoms with Crippen molar-refractivity contribution in [1.82, 2.24) is 4.57 Å². The lowest BCUT2D eigenvalue weighted by atomic mass is 9.82. The topological polar surface area (TPSA) is 17.4 Å². The molecule has 10 rings (SSSR count). The SMILES string of the molecule is C=C/C=C(\C=C)N1c2ccc(-c3ccccc3)cc2Oc2cc(-c3ccc4c(c3)c3cc5c(cc3n4-c3ccccc3)C(C)(C)c3ccccc3-5)ccc21. The second kappa shape index (κ2) is 12.1. The van der Waals surface area contributed by atoms with Crippen LogP contribution in [0.2, 0.25) is 0 Å². The average molecular weight is 695 g/mol. The van der Waals surface area contributed by atoms with E-state index in [1.807, 2.05) is 18.2 Å². The first kappa shape index (κ1) is 31.9. The monoisotopic (exact) mass is 694 g/mol. The molecular formula is C51H38N2O. The summed E-state index contributed by atoms with van der Waals surface area (Å²) in [5.74, 6) is 1.57. The van der Waals surface area contributed by atoms with Gasteiger partial charge in [0.25, 0.3) is 0 Å². The molecule has 3 heteroatoms. The molecule has 0 atom stereocenters. The number of anilines is 2. The standard InChI is InChI=1S/C51H38N2O/c1-5-15-37(6-2)52-46-26-23-35(33-16-9-7-10-17-33)29-49(46)54-50-30-36(24-27-47(50)52)34-22-25-45-41(28-34)42-31-40-39-20-13-14-21-43(39)51(3,4)44(40)32-48(42)53(45)38-18-11-8-12-19-38/h5-32H,1-2H2,3-4H3/b37-15+. The fourth-order valence-corrected chi connectivity index (χ4v) is 8.68. The summed E-state index contributed by atoms with van der Waals surface area (Å²) >= 11 is 0. The number of para-hydroxylation sites is 1. The Morgan fingerprint density at radius 2 is 1.17 bits per heavy atom. The summed E-state index contributed by atoms with van der Waals surface area (Å²) < 4.78 is 9.22. The molecule has 7 aromatic carbocycles. The van der Waals surface area contributed by atoms with Crippen molar-refractivity contribution in [2.45, 2.75) is 19.3 Å². The van der Waals surface area contributed by atoms with Gasteiger partial charge in [0.1, 0.15) is 0 Å². The Kier molecular flexibility index (Phi) is 7.15. The summed E-state index contributed by atoms with van der Waals surface area (Å²) in [5.41, 5.74) is 16.1. The number of benzene rings is 7. The molecule has 0 N–H and O–H groups in total. The minimum absolute atomic E-state index is 0.0902. The minimum Gasteiger partial charge on any atom is -0.453 e. The van der Waals surface area contributed by atoms with Crippen molar-refractivity contribution in [1.29, 1.82) is 0 Å². The maximum atomic E-state index is 6.79. The van der Waals surface area contributed by atoms with E-state index in [4.69, 9.17) is 4.74 Å². The molecule has 0 amide bonds. The zero-order valence-corrected chi connectivity index (χ0v) is 30.4. The van der Waals surface area contributed by atoms with E-state index in [0.717, 1.165) is 56.5 Å². The fourth-order valence-electron chi connectivity index (χ4n) is 8.68. The summed E-state index contributed by atoms with van der Waals surface area (Å²) in [5, 5.41) is 2.47. The summed E-state index contributed by atoms with van der Waals surface area (Å²) in [6, 6.07) is 54.7. The van der Waals surface area contributed by atoms with Crippen molar-refractivity contribution in [3.63, 3.8) is 0 Å². The number of nitrogens with zero attached hydrogens (tertiary/aromatic N) is 2. The van der Waals surface area contributed by atoms with Gasteiger partial charge in [-0.1, -0.05) is 124 Å². The molecule has 2 aliphatic rings. The molecule has 0 unspecified atom stereocenters. The third-order valence-electron chi connectivity index (χ3n) is 11.3. The van der Waals surface area contributed by atoms with Crippen LogP contribution in [-0.2, 0) is 5.41 Å². The molecule has 2 heterocycles. The Labute approximate surface area is 316 Å². The molecule has 0 saturated heterocycles. The molecule has 54 heavy (non-hydrogen) atoms. The molecule has 0 saturated carbocycles. The first-order valence-corrected chi connectivity index (χ1v) is 18.5. The van der Waals surface area contributed by atoms with Crippen molar-refractivity contribution >= 4 is 33.2 Å². The molecule has 1 aliphatic heterocycles. The number of rotatable bonds is 6. The third kappa shape index (κ3) is 4.75. The van der Waals surface area contributed by atoms with Crippen LogP contribution in [0.1, 0.15) is 25.0 Å². The average Bonchev–Trinajstić information content (AvgIpc) is 3.65. The smallest absolute Gasteiger partial charge is 0.152 e. The van der Waals surface area contributed by atoms with E-state index >= 15 is 0 Å². The lowest BCUT2D eigenvalue weighted by Gasteiger charge is -2.34. The molecule has 1 aliphatic carbocycles. The molecule has 1 aromatic heterocycles. The molecule has 0 radical (unpaired) electrons. The molecule has 3 nitrogen and oxygen atoms in total. The number of hydrogen-bond acceptors (Lipinski definition) is 2. The van der Waals surface area contributed by atoms with E-state index in [0.29, 0.717) is 0 Å². The van der Waals surface area contributed by atoms with Crippen molar-refractivity contribution < 1.29 is 4.74 Å². The Morgan fingerprint density at radius 1 is 0.556 bits per heavy atom. The summed E-state index contributed by atoms with van der Waals surface area (Å²) in [7, 11) is 0. The van der Waals surface area contributed by atoms with E-state index < -0.39 is 0 Å². The Balaban J connectivity index is 1.15. The summed E-state index contributed by atoms with van der Waals surface area (Å²) in [6.45, 7) is 12.8. The van der Waals surface area contributed by atoms with E-state index in [-0.39, 0.29) is 5.41 Å². The molecule has 0 fully saturated rings. The highest BCUT2D eigenvalue weighted by Gasteiger charge is 2.36. The van der Waals surface area contributed by atoms with Crippen LogP contribution in [0.15, 0.2) is 189 Å². The highest BCUT2D eigenvalue weighted by Crippen LogP contribution is 2.53. The predicted octanol–water partition coefficient (Wildman–Crippen LogP) is 13.9. The van der Waals surface area contributed by atoms with Gasteiger partial charge in [-0.05, 0) is 117 Å². The third-order valence-corrected chi connectivity index (χ3v) is 11.3. The van der Waals surface area contributed by atoms with Crippen molar-refractivity contribution in [3.8, 4) is 50.6 Å². The second-order valence-electron chi connectivity index (χ2n) is 14.7. The van der Waals surface area contributed by atoms with Gasteiger partial charge < -0.3 is 14.2 Å². The van der Waals surface area contributed by atoms with Gasteiger partial charge in [-0.3, -0.25) is 0 Å². The van der Waals surface area contributed by atoms with Crippen LogP contribution in [0, 0.1) is 0 Å². The van der Waals surface area contributed by atoms with Gasteiger partial charge in [-0.15, -0.1) is 0 Å². The highest BCUT2D eigenvalue weighted by atomic mass is 16.5. The summed E-state index contributed by atoms with van der Waals surface area (Å²) in [6.07, 6.45) is 5.65. The zero-order valence-electron chi connectivity index (χ0n) is 30.4. The van der Waals surface area contributed by atoms with Gasteiger partial charge in [-0.2, -0.15) is 0 Å². The van der Waals surface area contributed by atoms with Crippen molar-refractivity contribution in [2.24, 2.45) is 0 Å². The largest absolute Gasteiger partial charge is 0.453 e. The first-order valence-electron chi connectivity index (χ1n) is 18.5. The van der Waals surface area contributed by atoms with Crippen LogP contribution in [0.5, 0.6) is 11.5 Å². The van der Waals surface area contributed by atoms with Gasteiger partial charge in [-0.25, -0.2) is 0 Å². The van der Waals surface area contributed by atoms with Gasteiger partial charge in [0, 0.05) is 27.6 Å². The van der Waals surface area contributed by atoms with Crippen LogP contribution in [0.3, 0.4) is 0 Å². The van der Waals surface area contributed by atoms with Gasteiger partial charge in [0.15, 0.2) is 11.5 Å². The zero-order chi connectivity index (χ0) is 36.6. The second-order valence-corrected chi connectivity index (χ2v) is 14.7. The van der Waals surface area contributed by atoms with Crippen LogP contribution in [0.25, 0.3) is 60.9 Å². The maximum Gasteiger partial charge on any atom is 0.152 e. The van der Waals surface area contributed by atoms with Crippen molar-refractivity contribution in [3.05, 3.63) is 200 Å². The Bertz CT molecular complexity index is 2860. The minimum atomic E-state index is -0.0902. The van der Waals surface area contributed by atoms with E-state index in [2.05, 4.69) is 182 Å². The molecule has 0 bridgehead atoms. The van der Waals surface area contributed by atoms with E-state index in [9.17, 15) is 0 Å². The number of allylic oxidation sites excluding steroid dienone is 3. The lowest BCUT2D eigenvalue weighted by Crippen LogP contribution is -2.19. The summed E-state index contributed by atoms with van der Waals surface area (Å²) in [4.78, 5) is 2.21. The molecular weight excluding hydrogens is 657 g/mol. The van der Waals surface area contributed by atoms with Gasteiger partial charge >= 0.3 is 0 Å². The van der Waals surface area contributed by atoms with Crippen LogP contribution < -0.4 is 9.64 Å². The van der Waals surface area contributed by atoms with Crippen LogP contribution in [0.4, 0.5) is 11.4 Å². The maximum absolute atomic E-state index is 6.79. The predicted molar refractivity (Wildman–Crippen MR) is 226 cm³/mol. The molecule has 0 spiro atoms. The quantitative estimate of drug-likeness (QED) is 0.161. The Hall–Kier alpha value is -6.84. The highest BCUT2D eigenvalue weighted by molar-refractivity contribution is 6.12. The number of aromatic nitrogens is 1.